The molecule has 1 saturated heterocycles. The number of guanidine groups is 1. The molecule has 5 nitrogen and oxygen atoms in total. The molecule has 1 atom stereocenters. The van der Waals surface area contributed by atoms with Crippen LogP contribution < -0.4 is 10.6 Å². The highest BCUT2D eigenvalue weighted by atomic mass is 16.5. The fourth-order valence-corrected chi connectivity index (χ4v) is 2.95. The number of ether oxygens (including phenoxy) is 1. The van der Waals surface area contributed by atoms with Gasteiger partial charge in [-0.25, -0.2) is 4.99 Å². The van der Waals surface area contributed by atoms with Crippen LogP contribution in [0.1, 0.15) is 48.5 Å². The van der Waals surface area contributed by atoms with Crippen molar-refractivity contribution >= 4 is 17.6 Å². The lowest BCUT2D eigenvalue weighted by Crippen LogP contribution is -2.36. The summed E-state index contributed by atoms with van der Waals surface area (Å²) in [5.74, 6) is 0.731. The highest BCUT2D eigenvalue weighted by molar-refractivity contribution is 6.09. The Hall–Kier alpha value is -2.66. The van der Waals surface area contributed by atoms with Gasteiger partial charge >= 0.3 is 0 Å². The van der Waals surface area contributed by atoms with Gasteiger partial charge in [0.15, 0.2) is 0 Å². The number of hydrogen-bond acceptors (Lipinski definition) is 3. The summed E-state index contributed by atoms with van der Waals surface area (Å²) in [5.41, 5.74) is 2.75. The predicted octanol–water partition coefficient (Wildman–Crippen LogP) is 4.19. The van der Waals surface area contributed by atoms with Crippen LogP contribution >= 0.6 is 0 Å². The Labute approximate surface area is 160 Å². The molecule has 2 N–H and O–H groups in total. The number of carbonyl (C=O) groups is 1. The Balaban J connectivity index is 1.72. The van der Waals surface area contributed by atoms with Crippen molar-refractivity contribution in [1.82, 2.24) is 5.32 Å². The third-order valence-electron chi connectivity index (χ3n) is 4.59. The second-order valence-corrected chi connectivity index (χ2v) is 7.05. The van der Waals surface area contributed by atoms with Crippen molar-refractivity contribution in [2.45, 2.75) is 38.7 Å². The molecule has 5 heteroatoms. The van der Waals surface area contributed by atoms with Crippen LogP contribution in [0.25, 0.3) is 0 Å². The van der Waals surface area contributed by atoms with E-state index in [1.54, 1.807) is 12.1 Å². The van der Waals surface area contributed by atoms with Crippen LogP contribution in [-0.2, 0) is 4.74 Å². The van der Waals surface area contributed by atoms with Crippen molar-refractivity contribution in [3.8, 4) is 0 Å². The maximum absolute atomic E-state index is 12.5. The first kappa shape index (κ1) is 19.1. The maximum Gasteiger partial charge on any atom is 0.257 e. The van der Waals surface area contributed by atoms with Crippen LogP contribution in [0, 0.1) is 0 Å². The van der Waals surface area contributed by atoms with Crippen LogP contribution in [0.5, 0.6) is 0 Å². The molecule has 1 heterocycles. The number of rotatable bonds is 5. The molecule has 0 aliphatic carbocycles. The molecule has 1 aliphatic rings. The lowest BCUT2D eigenvalue weighted by Gasteiger charge is -2.14. The number of carbonyl (C=O) groups excluding carboxylic acids is 1. The summed E-state index contributed by atoms with van der Waals surface area (Å²) in [6.07, 6.45) is 2.20. The van der Waals surface area contributed by atoms with E-state index in [0.717, 1.165) is 25.1 Å². The van der Waals surface area contributed by atoms with Gasteiger partial charge in [0.05, 0.1) is 12.6 Å². The van der Waals surface area contributed by atoms with E-state index in [-0.39, 0.29) is 12.0 Å². The van der Waals surface area contributed by atoms with E-state index in [4.69, 9.17) is 4.74 Å². The van der Waals surface area contributed by atoms with Crippen molar-refractivity contribution in [2.24, 2.45) is 4.99 Å². The van der Waals surface area contributed by atoms with Crippen molar-refractivity contribution in [1.29, 1.82) is 0 Å². The number of amides is 1. The van der Waals surface area contributed by atoms with Crippen LogP contribution in [0.3, 0.4) is 0 Å². The third kappa shape index (κ3) is 5.66. The zero-order valence-electron chi connectivity index (χ0n) is 15.9. The Bertz CT molecular complexity index is 764. The summed E-state index contributed by atoms with van der Waals surface area (Å²) in [6.45, 7) is 5.64. The van der Waals surface area contributed by atoms with Crippen molar-refractivity contribution in [3.05, 3.63) is 65.7 Å². The maximum atomic E-state index is 12.5. The quantitative estimate of drug-likeness (QED) is 0.617. The second-order valence-electron chi connectivity index (χ2n) is 7.05. The van der Waals surface area contributed by atoms with Gasteiger partial charge in [0.2, 0.25) is 5.96 Å². The molecule has 0 bridgehead atoms. The molecule has 142 valence electrons. The standard InChI is InChI=1S/C22H27N3O2/c1-16(2)17-10-12-19(13-11-17)24-22(23-15-20-9-6-14-27-20)25-21(26)18-7-4-3-5-8-18/h3-5,7-8,10-13,16,20H,6,9,14-15H2,1-2H3,(H2,23,24,25,26)/t20-/m0/s1. The van der Waals surface area contributed by atoms with Crippen molar-refractivity contribution in [3.63, 3.8) is 0 Å². The molecule has 1 aliphatic heterocycles. The lowest BCUT2D eigenvalue weighted by atomic mass is 10.0. The van der Waals surface area contributed by atoms with E-state index in [2.05, 4.69) is 41.6 Å². The summed E-state index contributed by atoms with van der Waals surface area (Å²) in [5, 5.41) is 6.12. The fourth-order valence-electron chi connectivity index (χ4n) is 2.95. The van der Waals surface area contributed by atoms with Crippen LogP contribution in [0.2, 0.25) is 0 Å². The molecule has 0 saturated carbocycles. The molecular weight excluding hydrogens is 338 g/mol. The van der Waals surface area contributed by atoms with Gasteiger partial charge in [-0.1, -0.05) is 44.2 Å². The van der Waals surface area contributed by atoms with Gasteiger partial charge in [-0.2, -0.15) is 0 Å². The molecule has 27 heavy (non-hydrogen) atoms. The summed E-state index contributed by atoms with van der Waals surface area (Å²) in [4.78, 5) is 17.1. The molecule has 1 fully saturated rings. The molecule has 0 spiro atoms. The molecule has 1 amide bonds. The van der Waals surface area contributed by atoms with Crippen LogP contribution in [-0.4, -0.2) is 31.1 Å². The van der Waals surface area contributed by atoms with Gasteiger partial charge in [0.25, 0.3) is 5.91 Å². The van der Waals surface area contributed by atoms with E-state index in [1.807, 2.05) is 30.3 Å². The minimum atomic E-state index is -0.187. The number of anilines is 1. The predicted molar refractivity (Wildman–Crippen MR) is 109 cm³/mol. The van der Waals surface area contributed by atoms with Gasteiger partial charge in [-0.05, 0) is 48.6 Å². The van der Waals surface area contributed by atoms with Gasteiger partial charge in [-0.15, -0.1) is 0 Å². The number of hydrogen-bond donors (Lipinski definition) is 2. The van der Waals surface area contributed by atoms with Crippen molar-refractivity contribution in [2.75, 3.05) is 18.5 Å². The number of nitrogens with zero attached hydrogens (tertiary/aromatic N) is 1. The number of aliphatic imine (C=N–C) groups is 1. The summed E-state index contributed by atoms with van der Waals surface area (Å²) in [7, 11) is 0. The fraction of sp³-hybridized carbons (Fsp3) is 0.364. The normalized spacial score (nSPS) is 17.1. The summed E-state index contributed by atoms with van der Waals surface area (Å²) < 4.78 is 5.64. The molecule has 0 aromatic heterocycles. The first-order valence-corrected chi connectivity index (χ1v) is 9.51. The molecule has 2 aromatic carbocycles. The van der Waals surface area contributed by atoms with Crippen molar-refractivity contribution < 1.29 is 9.53 Å². The largest absolute Gasteiger partial charge is 0.376 e. The third-order valence-corrected chi connectivity index (χ3v) is 4.59. The number of benzene rings is 2. The molecule has 0 radical (unpaired) electrons. The molecule has 0 unspecified atom stereocenters. The molecular formula is C22H27N3O2. The van der Waals surface area contributed by atoms with E-state index in [1.165, 1.54) is 5.56 Å². The van der Waals surface area contributed by atoms with Gasteiger partial charge < -0.3 is 10.1 Å². The van der Waals surface area contributed by atoms with E-state index in [9.17, 15) is 4.79 Å². The summed E-state index contributed by atoms with van der Waals surface area (Å²) >= 11 is 0. The Morgan fingerprint density at radius 3 is 2.52 bits per heavy atom. The van der Waals surface area contributed by atoms with E-state index in [0.29, 0.717) is 24.0 Å². The van der Waals surface area contributed by atoms with E-state index < -0.39 is 0 Å². The van der Waals surface area contributed by atoms with Gasteiger partial charge in [0.1, 0.15) is 0 Å². The first-order chi connectivity index (χ1) is 13.1. The highest BCUT2D eigenvalue weighted by Crippen LogP contribution is 2.17. The van der Waals surface area contributed by atoms with Crippen LogP contribution in [0.4, 0.5) is 5.69 Å². The first-order valence-electron chi connectivity index (χ1n) is 9.51. The highest BCUT2D eigenvalue weighted by Gasteiger charge is 2.16. The Kier molecular flexibility index (Phi) is 6.60. The lowest BCUT2D eigenvalue weighted by molar-refractivity contribution is 0.0975. The minimum Gasteiger partial charge on any atom is -0.376 e. The SMILES string of the molecule is CC(C)c1ccc(NC(=NC[C@@H]2CCCO2)NC(=O)c2ccccc2)cc1. The number of nitrogens with one attached hydrogen (secondary N) is 2. The monoisotopic (exact) mass is 365 g/mol. The molecule has 3 rings (SSSR count). The van der Waals surface area contributed by atoms with Crippen LogP contribution in [0.15, 0.2) is 59.6 Å². The average Bonchev–Trinajstić information content (AvgIpc) is 3.21. The topological polar surface area (TPSA) is 62.7 Å². The average molecular weight is 365 g/mol. The van der Waals surface area contributed by atoms with E-state index >= 15 is 0 Å². The van der Waals surface area contributed by atoms with Gasteiger partial charge in [0, 0.05) is 17.9 Å². The smallest absolute Gasteiger partial charge is 0.257 e. The minimum absolute atomic E-state index is 0.124. The zero-order chi connectivity index (χ0) is 19.1. The zero-order valence-corrected chi connectivity index (χ0v) is 15.9. The molecule has 2 aromatic rings. The Morgan fingerprint density at radius 2 is 1.89 bits per heavy atom. The summed E-state index contributed by atoms with van der Waals surface area (Å²) in [6, 6.07) is 17.3. The Morgan fingerprint density at radius 1 is 1.15 bits per heavy atom. The van der Waals surface area contributed by atoms with Gasteiger partial charge in [-0.3, -0.25) is 10.1 Å². The second kappa shape index (κ2) is 9.33.